The molecule has 1 atom stereocenters. The van der Waals surface area contributed by atoms with Crippen LogP contribution in [-0.4, -0.2) is 38.5 Å². The van der Waals surface area contributed by atoms with E-state index in [9.17, 15) is 4.79 Å². The van der Waals surface area contributed by atoms with Crippen molar-refractivity contribution in [1.82, 2.24) is 25.3 Å². The Morgan fingerprint density at radius 3 is 2.96 bits per heavy atom. The van der Waals surface area contributed by atoms with Crippen molar-refractivity contribution in [2.75, 3.05) is 6.54 Å². The molecule has 7 nitrogen and oxygen atoms in total. The molecule has 0 saturated carbocycles. The van der Waals surface area contributed by atoms with Crippen LogP contribution in [0.2, 0.25) is 0 Å². The molecule has 1 aliphatic rings. The van der Waals surface area contributed by atoms with Crippen molar-refractivity contribution in [2.24, 2.45) is 0 Å². The Morgan fingerprint density at radius 1 is 1.29 bits per heavy atom. The summed E-state index contributed by atoms with van der Waals surface area (Å²) < 4.78 is 7.73. The zero-order chi connectivity index (χ0) is 16.4. The number of hydrogen-bond donors (Lipinski definition) is 2. The molecule has 0 radical (unpaired) electrons. The van der Waals surface area contributed by atoms with E-state index in [4.69, 9.17) is 4.74 Å². The van der Waals surface area contributed by atoms with E-state index in [2.05, 4.69) is 20.6 Å². The molecule has 0 aliphatic carbocycles. The van der Waals surface area contributed by atoms with Crippen LogP contribution in [0.5, 0.6) is 0 Å². The lowest BCUT2D eigenvalue weighted by molar-refractivity contribution is 0.00174. The number of amides is 1. The van der Waals surface area contributed by atoms with Crippen LogP contribution in [-0.2, 0) is 17.9 Å². The smallest absolute Gasteiger partial charge is 0.267 e. The second kappa shape index (κ2) is 6.29. The highest BCUT2D eigenvalue weighted by atomic mass is 16.5. The van der Waals surface area contributed by atoms with Gasteiger partial charge in [-0.25, -0.2) is 4.68 Å². The zero-order valence-electron chi connectivity index (χ0n) is 13.0. The fraction of sp³-hybridized carbons (Fsp3) is 0.235. The van der Waals surface area contributed by atoms with Gasteiger partial charge in [-0.05, 0) is 12.1 Å². The normalized spacial score (nSPS) is 16.6. The van der Waals surface area contributed by atoms with Gasteiger partial charge in [0.1, 0.15) is 11.4 Å². The summed E-state index contributed by atoms with van der Waals surface area (Å²) in [5.41, 5.74) is 3.39. The third-order valence-corrected chi connectivity index (χ3v) is 4.05. The summed E-state index contributed by atoms with van der Waals surface area (Å²) in [6.07, 6.45) is 1.60. The van der Waals surface area contributed by atoms with Crippen LogP contribution in [0, 0.1) is 0 Å². The van der Waals surface area contributed by atoms with Crippen molar-refractivity contribution in [2.45, 2.75) is 19.3 Å². The molecule has 24 heavy (non-hydrogen) atoms. The number of fused-ring (bicyclic) bond motifs is 1. The third-order valence-electron chi connectivity index (χ3n) is 4.05. The standard InChI is InChI=1S/C17H17N5O2/c23-17(14-7-4-8-18-14)19-9-13-10-22-15(11-24-13)16(20-21-22)12-5-2-1-3-6-12/h1-8,13,18H,9-11H2,(H,19,23)/t13-/m0/s1. The number of nitrogens with zero attached hydrogens (tertiary/aromatic N) is 3. The van der Waals surface area contributed by atoms with Gasteiger partial charge in [0.05, 0.1) is 24.9 Å². The van der Waals surface area contributed by atoms with Crippen molar-refractivity contribution in [3.63, 3.8) is 0 Å². The first-order valence-electron chi connectivity index (χ1n) is 7.82. The Hall–Kier alpha value is -2.93. The lowest BCUT2D eigenvalue weighted by Gasteiger charge is -2.24. The van der Waals surface area contributed by atoms with E-state index in [0.717, 1.165) is 17.0 Å². The van der Waals surface area contributed by atoms with Crippen LogP contribution in [0.25, 0.3) is 11.3 Å². The van der Waals surface area contributed by atoms with Crippen LogP contribution in [0.15, 0.2) is 48.7 Å². The number of carbonyl (C=O) groups is 1. The predicted octanol–water partition coefficient (Wildman–Crippen LogP) is 1.60. The fourth-order valence-corrected chi connectivity index (χ4v) is 2.78. The molecule has 7 heteroatoms. The first kappa shape index (κ1) is 14.6. The van der Waals surface area contributed by atoms with Crippen LogP contribution >= 0.6 is 0 Å². The second-order valence-corrected chi connectivity index (χ2v) is 5.66. The van der Waals surface area contributed by atoms with Crippen molar-refractivity contribution in [3.8, 4) is 11.3 Å². The quantitative estimate of drug-likeness (QED) is 0.764. The van der Waals surface area contributed by atoms with E-state index in [-0.39, 0.29) is 12.0 Å². The number of hydrogen-bond acceptors (Lipinski definition) is 4. The summed E-state index contributed by atoms with van der Waals surface area (Å²) in [5.74, 6) is -0.141. The molecular formula is C17H17N5O2. The van der Waals surface area contributed by atoms with Gasteiger partial charge in [-0.2, -0.15) is 0 Å². The molecule has 2 aromatic heterocycles. The molecule has 3 aromatic rings. The van der Waals surface area contributed by atoms with E-state index in [0.29, 0.717) is 25.4 Å². The number of rotatable bonds is 4. The Labute approximate surface area is 138 Å². The highest BCUT2D eigenvalue weighted by Gasteiger charge is 2.24. The average Bonchev–Trinajstić information content (AvgIpc) is 3.30. The molecule has 1 aliphatic heterocycles. The Morgan fingerprint density at radius 2 is 2.17 bits per heavy atom. The summed E-state index contributed by atoms with van der Waals surface area (Å²) in [7, 11) is 0. The molecule has 0 saturated heterocycles. The number of benzene rings is 1. The number of carbonyl (C=O) groups excluding carboxylic acids is 1. The van der Waals surface area contributed by atoms with Crippen molar-refractivity contribution in [3.05, 3.63) is 60.0 Å². The molecule has 0 unspecified atom stereocenters. The third kappa shape index (κ3) is 2.81. The van der Waals surface area contributed by atoms with Crippen LogP contribution in [0.1, 0.15) is 16.2 Å². The lowest BCUT2D eigenvalue weighted by atomic mass is 10.1. The number of ether oxygens (including phenoxy) is 1. The largest absolute Gasteiger partial charge is 0.368 e. The maximum atomic E-state index is 12.0. The molecule has 4 rings (SSSR count). The van der Waals surface area contributed by atoms with E-state index in [1.54, 1.807) is 18.3 Å². The molecule has 2 N–H and O–H groups in total. The molecule has 1 amide bonds. The van der Waals surface area contributed by atoms with Crippen LogP contribution in [0.3, 0.4) is 0 Å². The predicted molar refractivity (Wildman–Crippen MR) is 87.2 cm³/mol. The van der Waals surface area contributed by atoms with Gasteiger partial charge in [0.25, 0.3) is 5.91 Å². The topological polar surface area (TPSA) is 84.8 Å². The second-order valence-electron chi connectivity index (χ2n) is 5.66. The fourth-order valence-electron chi connectivity index (χ4n) is 2.78. The van der Waals surface area contributed by atoms with Gasteiger partial charge in [0.2, 0.25) is 0 Å². The highest BCUT2D eigenvalue weighted by Crippen LogP contribution is 2.24. The summed E-state index contributed by atoms with van der Waals surface area (Å²) in [5, 5.41) is 11.4. The number of H-pyrrole nitrogens is 1. The molecule has 3 heterocycles. The first-order valence-corrected chi connectivity index (χ1v) is 7.82. The molecule has 0 bridgehead atoms. The number of aromatic amines is 1. The van der Waals surface area contributed by atoms with Gasteiger partial charge < -0.3 is 15.0 Å². The summed E-state index contributed by atoms with van der Waals surface area (Å²) in [4.78, 5) is 14.8. The molecule has 0 spiro atoms. The zero-order valence-corrected chi connectivity index (χ0v) is 13.0. The van der Waals surface area contributed by atoms with Crippen LogP contribution < -0.4 is 5.32 Å². The van der Waals surface area contributed by atoms with E-state index < -0.39 is 0 Å². The maximum absolute atomic E-state index is 12.0. The Balaban J connectivity index is 1.42. The van der Waals surface area contributed by atoms with Gasteiger partial charge in [-0.15, -0.1) is 5.10 Å². The minimum absolute atomic E-state index is 0.123. The van der Waals surface area contributed by atoms with Gasteiger partial charge >= 0.3 is 0 Å². The lowest BCUT2D eigenvalue weighted by Crippen LogP contribution is -2.39. The van der Waals surface area contributed by atoms with Crippen molar-refractivity contribution in [1.29, 1.82) is 0 Å². The van der Waals surface area contributed by atoms with Gasteiger partial charge in [-0.3, -0.25) is 4.79 Å². The van der Waals surface area contributed by atoms with Gasteiger partial charge in [0, 0.05) is 18.3 Å². The van der Waals surface area contributed by atoms with E-state index in [1.165, 1.54) is 0 Å². The van der Waals surface area contributed by atoms with Crippen LogP contribution in [0.4, 0.5) is 0 Å². The molecule has 1 aromatic carbocycles. The minimum Gasteiger partial charge on any atom is -0.368 e. The van der Waals surface area contributed by atoms with Gasteiger partial charge in [0.15, 0.2) is 0 Å². The Kier molecular flexibility index (Phi) is 3.84. The maximum Gasteiger partial charge on any atom is 0.267 e. The summed E-state index contributed by atoms with van der Waals surface area (Å²) >= 11 is 0. The number of nitrogens with one attached hydrogen (secondary N) is 2. The summed E-state index contributed by atoms with van der Waals surface area (Å²) in [6.45, 7) is 1.43. The van der Waals surface area contributed by atoms with E-state index in [1.807, 2.05) is 35.0 Å². The summed E-state index contributed by atoms with van der Waals surface area (Å²) in [6, 6.07) is 13.5. The Bertz CT molecular complexity index is 826. The van der Waals surface area contributed by atoms with Gasteiger partial charge in [-0.1, -0.05) is 35.5 Å². The van der Waals surface area contributed by atoms with Crippen molar-refractivity contribution >= 4 is 5.91 Å². The highest BCUT2D eigenvalue weighted by molar-refractivity contribution is 5.92. The van der Waals surface area contributed by atoms with Crippen molar-refractivity contribution < 1.29 is 9.53 Å². The average molecular weight is 323 g/mol. The molecular weight excluding hydrogens is 306 g/mol. The monoisotopic (exact) mass is 323 g/mol. The number of aromatic nitrogens is 4. The minimum atomic E-state index is -0.141. The molecule has 0 fully saturated rings. The first-order chi connectivity index (χ1) is 11.8. The SMILES string of the molecule is O=C(NC[C@H]1Cn2nnc(-c3ccccc3)c2CO1)c1ccc[nH]1. The van der Waals surface area contributed by atoms with E-state index >= 15 is 0 Å². The molecule has 122 valence electrons.